The Hall–Kier alpha value is -3.63. The highest BCUT2D eigenvalue weighted by Gasteiger charge is 2.21. The number of ether oxygens (including phenoxy) is 2. The van der Waals surface area contributed by atoms with Crippen LogP contribution in [0.25, 0.3) is 6.08 Å². The van der Waals surface area contributed by atoms with Gasteiger partial charge in [0.1, 0.15) is 23.4 Å². The lowest BCUT2D eigenvalue weighted by Gasteiger charge is -2.12. The summed E-state index contributed by atoms with van der Waals surface area (Å²) < 4.78 is 50.4. The number of hydrogen-bond acceptors (Lipinski definition) is 5. The van der Waals surface area contributed by atoms with E-state index in [4.69, 9.17) is 9.47 Å². The Labute approximate surface area is 180 Å². The lowest BCUT2D eigenvalue weighted by atomic mass is 10.2. The average molecular weight is 437 g/mol. The lowest BCUT2D eigenvalue weighted by Crippen LogP contribution is -2.03. The molecule has 3 rings (SSSR count). The Morgan fingerprint density at radius 2 is 1.77 bits per heavy atom. The van der Waals surface area contributed by atoms with Crippen LogP contribution in [0.1, 0.15) is 16.7 Å². The van der Waals surface area contributed by atoms with Crippen molar-refractivity contribution in [2.24, 2.45) is 0 Å². The molecule has 0 aliphatic rings. The largest absolute Gasteiger partial charge is 0.493 e. The first-order valence-electron chi connectivity index (χ1n) is 9.33. The normalized spacial score (nSPS) is 11.6. The first-order valence-corrected chi connectivity index (χ1v) is 10.8. The summed E-state index contributed by atoms with van der Waals surface area (Å²) in [5.74, 6) is 0.318. The van der Waals surface area contributed by atoms with Crippen molar-refractivity contribution < 1.29 is 22.3 Å². The molecule has 0 N–H and O–H groups in total. The zero-order valence-electron chi connectivity index (χ0n) is 17.0. The molecule has 7 heteroatoms. The number of halogens is 1. The van der Waals surface area contributed by atoms with Crippen molar-refractivity contribution in [1.82, 2.24) is 0 Å². The van der Waals surface area contributed by atoms with Crippen LogP contribution in [0.3, 0.4) is 0 Å². The van der Waals surface area contributed by atoms with Gasteiger partial charge in [-0.05, 0) is 48.9 Å². The molecular formula is C24H20FNO4S. The molecule has 0 aliphatic carbocycles. The van der Waals surface area contributed by atoms with Crippen molar-refractivity contribution in [2.75, 3.05) is 7.11 Å². The van der Waals surface area contributed by atoms with E-state index in [9.17, 15) is 18.1 Å². The first-order chi connectivity index (χ1) is 14.8. The molecule has 3 aromatic carbocycles. The Kier molecular flexibility index (Phi) is 6.73. The van der Waals surface area contributed by atoms with Crippen LogP contribution in [0.5, 0.6) is 11.5 Å². The van der Waals surface area contributed by atoms with Gasteiger partial charge in [0.05, 0.1) is 12.0 Å². The van der Waals surface area contributed by atoms with E-state index in [-0.39, 0.29) is 17.3 Å². The van der Waals surface area contributed by atoms with Crippen molar-refractivity contribution in [3.05, 3.63) is 94.1 Å². The van der Waals surface area contributed by atoms with E-state index < -0.39 is 14.7 Å². The third kappa shape index (κ3) is 5.11. The van der Waals surface area contributed by atoms with Crippen LogP contribution in [0.15, 0.2) is 76.5 Å². The predicted octanol–water partition coefficient (Wildman–Crippen LogP) is 5.06. The fraction of sp³-hybridized carbons (Fsp3) is 0.125. The van der Waals surface area contributed by atoms with Crippen molar-refractivity contribution in [1.29, 1.82) is 5.26 Å². The summed E-state index contributed by atoms with van der Waals surface area (Å²) in [7, 11) is -2.52. The minimum atomic E-state index is -3.96. The second-order valence-corrected chi connectivity index (χ2v) is 8.65. The summed E-state index contributed by atoms with van der Waals surface area (Å²) in [5.41, 5.74) is 1.75. The number of sulfone groups is 1. The molecule has 0 bridgehead atoms. The van der Waals surface area contributed by atoms with E-state index in [0.29, 0.717) is 22.6 Å². The van der Waals surface area contributed by atoms with Crippen LogP contribution in [0, 0.1) is 24.1 Å². The van der Waals surface area contributed by atoms with Gasteiger partial charge in [0.15, 0.2) is 11.5 Å². The number of benzene rings is 3. The number of nitriles is 1. The van der Waals surface area contributed by atoms with Gasteiger partial charge in [0, 0.05) is 5.56 Å². The van der Waals surface area contributed by atoms with Gasteiger partial charge in [-0.3, -0.25) is 0 Å². The third-order valence-electron chi connectivity index (χ3n) is 4.56. The van der Waals surface area contributed by atoms with Crippen molar-refractivity contribution >= 4 is 15.9 Å². The minimum Gasteiger partial charge on any atom is -0.493 e. The Bertz CT molecular complexity index is 1260. The maximum Gasteiger partial charge on any atom is 0.216 e. The zero-order valence-corrected chi connectivity index (χ0v) is 17.8. The highest BCUT2D eigenvalue weighted by molar-refractivity contribution is 7.95. The molecule has 0 spiro atoms. The highest BCUT2D eigenvalue weighted by Crippen LogP contribution is 2.31. The summed E-state index contributed by atoms with van der Waals surface area (Å²) >= 11 is 0. The number of rotatable bonds is 7. The molecule has 0 saturated heterocycles. The third-order valence-corrected chi connectivity index (χ3v) is 6.24. The Balaban J connectivity index is 1.88. The summed E-state index contributed by atoms with van der Waals surface area (Å²) in [6.45, 7) is 1.85. The van der Waals surface area contributed by atoms with Crippen molar-refractivity contribution in [3.8, 4) is 17.6 Å². The van der Waals surface area contributed by atoms with Gasteiger partial charge in [-0.1, -0.05) is 42.0 Å². The van der Waals surface area contributed by atoms with Gasteiger partial charge in [0.2, 0.25) is 9.84 Å². The van der Waals surface area contributed by atoms with Gasteiger partial charge in [0.25, 0.3) is 0 Å². The highest BCUT2D eigenvalue weighted by atomic mass is 32.2. The molecule has 0 atom stereocenters. The molecule has 31 heavy (non-hydrogen) atoms. The van der Waals surface area contributed by atoms with E-state index in [1.165, 1.54) is 31.4 Å². The first kappa shape index (κ1) is 22.1. The van der Waals surface area contributed by atoms with Crippen LogP contribution in [-0.4, -0.2) is 15.5 Å². The van der Waals surface area contributed by atoms with E-state index in [1.807, 2.05) is 6.92 Å². The molecule has 0 radical (unpaired) electrons. The maximum absolute atomic E-state index is 13.8. The standard InChI is InChI=1S/C24H20FNO4S/c1-17-7-10-20(11-8-17)31(27,28)21(15-26)13-18-9-12-23(24(14-18)29-2)30-16-19-5-3-4-6-22(19)25/h3-14H,16H2,1-2H3/b21-13+. The van der Waals surface area contributed by atoms with Crippen LogP contribution < -0.4 is 9.47 Å². The molecular weight excluding hydrogens is 417 g/mol. The van der Waals surface area contributed by atoms with Crippen molar-refractivity contribution in [3.63, 3.8) is 0 Å². The van der Waals surface area contributed by atoms with Crippen LogP contribution >= 0.6 is 0 Å². The average Bonchev–Trinajstić information content (AvgIpc) is 2.77. The minimum absolute atomic E-state index is 0.00344. The summed E-state index contributed by atoms with van der Waals surface area (Å²) in [6.07, 6.45) is 1.28. The zero-order chi connectivity index (χ0) is 22.4. The molecule has 0 unspecified atom stereocenters. The van der Waals surface area contributed by atoms with Gasteiger partial charge in [-0.2, -0.15) is 5.26 Å². The molecule has 0 amide bonds. The number of nitrogens with zero attached hydrogens (tertiary/aromatic N) is 1. The van der Waals surface area contributed by atoms with Crippen LogP contribution in [-0.2, 0) is 16.4 Å². The van der Waals surface area contributed by atoms with Gasteiger partial charge < -0.3 is 9.47 Å². The van der Waals surface area contributed by atoms with E-state index in [2.05, 4.69) is 0 Å². The summed E-state index contributed by atoms with van der Waals surface area (Å²) in [6, 6.07) is 19.1. The molecule has 5 nitrogen and oxygen atoms in total. The molecule has 0 aliphatic heterocycles. The van der Waals surface area contributed by atoms with Gasteiger partial charge in [-0.15, -0.1) is 0 Å². The molecule has 3 aromatic rings. The number of hydrogen-bond donors (Lipinski definition) is 0. The number of aryl methyl sites for hydroxylation is 1. The molecule has 0 fully saturated rings. The van der Waals surface area contributed by atoms with Crippen LogP contribution in [0.2, 0.25) is 0 Å². The SMILES string of the molecule is COc1cc(/C=C(\C#N)S(=O)(=O)c2ccc(C)cc2)ccc1OCc1ccccc1F. The lowest BCUT2D eigenvalue weighted by molar-refractivity contribution is 0.279. The van der Waals surface area contributed by atoms with E-state index in [0.717, 1.165) is 5.56 Å². The van der Waals surface area contributed by atoms with Crippen molar-refractivity contribution in [2.45, 2.75) is 18.4 Å². The fourth-order valence-corrected chi connectivity index (χ4v) is 3.99. The van der Waals surface area contributed by atoms with E-state index in [1.54, 1.807) is 54.6 Å². The van der Waals surface area contributed by atoms with Gasteiger partial charge >= 0.3 is 0 Å². The maximum atomic E-state index is 13.8. The molecule has 0 saturated carbocycles. The second-order valence-electron chi connectivity index (χ2n) is 6.73. The number of methoxy groups -OCH3 is 1. The van der Waals surface area contributed by atoms with Gasteiger partial charge in [-0.25, -0.2) is 12.8 Å². The monoisotopic (exact) mass is 437 g/mol. The quantitative estimate of drug-likeness (QED) is 0.483. The molecule has 0 heterocycles. The molecule has 0 aromatic heterocycles. The smallest absolute Gasteiger partial charge is 0.216 e. The predicted molar refractivity (Wildman–Crippen MR) is 116 cm³/mol. The summed E-state index contributed by atoms with van der Waals surface area (Å²) in [5, 5.41) is 9.47. The number of allylic oxidation sites excluding steroid dienone is 1. The van der Waals surface area contributed by atoms with Crippen LogP contribution in [0.4, 0.5) is 4.39 Å². The topological polar surface area (TPSA) is 76.4 Å². The Morgan fingerprint density at radius 3 is 2.42 bits per heavy atom. The fourth-order valence-electron chi connectivity index (χ4n) is 2.83. The second kappa shape index (κ2) is 9.45. The summed E-state index contributed by atoms with van der Waals surface area (Å²) in [4.78, 5) is -0.346. The Morgan fingerprint density at radius 1 is 1.06 bits per heavy atom. The molecule has 158 valence electrons. The van der Waals surface area contributed by atoms with E-state index >= 15 is 0 Å².